The third kappa shape index (κ3) is 4.60. The average Bonchev–Trinajstić information content (AvgIpc) is 3.05. The molecule has 0 unspecified atom stereocenters. The summed E-state index contributed by atoms with van der Waals surface area (Å²) in [6.07, 6.45) is 2.45. The van der Waals surface area contributed by atoms with E-state index >= 15 is 0 Å². The standard InChI is InChI=1S/C18H22ClN3O3/c1-21-8-6-13(7-9-21)11-20-12-15-3-5-18(25-15)16-4-2-14(22(23)24)10-17(16)19/h2-5,10,13,20H,6-9,11-12H2,1H3. The number of nitrogens with zero attached hydrogens (tertiary/aromatic N) is 2. The van der Waals surface area contributed by atoms with Gasteiger partial charge in [0.05, 0.1) is 16.5 Å². The van der Waals surface area contributed by atoms with E-state index in [1.165, 1.54) is 25.0 Å². The van der Waals surface area contributed by atoms with Gasteiger partial charge in [0, 0.05) is 17.7 Å². The summed E-state index contributed by atoms with van der Waals surface area (Å²) >= 11 is 6.15. The summed E-state index contributed by atoms with van der Waals surface area (Å²) in [6, 6.07) is 8.16. The fourth-order valence-corrected chi connectivity index (χ4v) is 3.37. The maximum Gasteiger partial charge on any atom is 0.270 e. The third-order valence-corrected chi connectivity index (χ3v) is 4.97. The Hall–Kier alpha value is -1.89. The molecular weight excluding hydrogens is 342 g/mol. The van der Waals surface area contributed by atoms with Gasteiger partial charge in [-0.1, -0.05) is 11.6 Å². The lowest BCUT2D eigenvalue weighted by Gasteiger charge is -2.28. The minimum absolute atomic E-state index is 0.0275. The van der Waals surface area contributed by atoms with Crippen molar-refractivity contribution in [1.82, 2.24) is 10.2 Å². The van der Waals surface area contributed by atoms with E-state index in [1.807, 2.05) is 12.1 Å². The van der Waals surface area contributed by atoms with Gasteiger partial charge in [-0.25, -0.2) is 0 Å². The van der Waals surface area contributed by atoms with Crippen LogP contribution in [0.2, 0.25) is 5.02 Å². The Morgan fingerprint density at radius 2 is 2.08 bits per heavy atom. The lowest BCUT2D eigenvalue weighted by atomic mass is 9.97. The van der Waals surface area contributed by atoms with Crippen molar-refractivity contribution < 1.29 is 9.34 Å². The first-order chi connectivity index (χ1) is 12.0. The molecule has 1 aromatic heterocycles. The van der Waals surface area contributed by atoms with Crippen molar-refractivity contribution in [3.8, 4) is 11.3 Å². The lowest BCUT2D eigenvalue weighted by Crippen LogP contribution is -2.34. The number of likely N-dealkylation sites (tertiary alicyclic amines) is 1. The highest BCUT2D eigenvalue weighted by atomic mass is 35.5. The summed E-state index contributed by atoms with van der Waals surface area (Å²) in [7, 11) is 2.16. The van der Waals surface area contributed by atoms with E-state index < -0.39 is 4.92 Å². The van der Waals surface area contributed by atoms with Crippen molar-refractivity contribution in [3.63, 3.8) is 0 Å². The number of hydrogen-bond donors (Lipinski definition) is 1. The van der Waals surface area contributed by atoms with Crippen LogP contribution in [0.4, 0.5) is 5.69 Å². The zero-order valence-corrected chi connectivity index (χ0v) is 15.0. The maximum atomic E-state index is 10.8. The molecule has 0 atom stereocenters. The number of non-ortho nitro benzene ring substituents is 1. The van der Waals surface area contributed by atoms with Crippen LogP contribution in [-0.2, 0) is 6.54 Å². The number of nitro benzene ring substituents is 1. The van der Waals surface area contributed by atoms with Gasteiger partial charge in [0.15, 0.2) is 0 Å². The van der Waals surface area contributed by atoms with E-state index in [0.29, 0.717) is 22.9 Å². The molecule has 1 N–H and O–H groups in total. The molecule has 7 heteroatoms. The average molecular weight is 364 g/mol. The van der Waals surface area contributed by atoms with E-state index in [2.05, 4.69) is 17.3 Å². The van der Waals surface area contributed by atoms with E-state index in [1.54, 1.807) is 6.07 Å². The molecule has 1 fully saturated rings. The van der Waals surface area contributed by atoms with Crippen molar-refractivity contribution in [1.29, 1.82) is 0 Å². The Bertz CT molecular complexity index is 739. The van der Waals surface area contributed by atoms with E-state index in [9.17, 15) is 10.1 Å². The van der Waals surface area contributed by atoms with Crippen molar-refractivity contribution >= 4 is 17.3 Å². The van der Waals surface area contributed by atoms with Crippen LogP contribution < -0.4 is 5.32 Å². The van der Waals surface area contributed by atoms with Crippen LogP contribution in [-0.4, -0.2) is 36.5 Å². The summed E-state index contributed by atoms with van der Waals surface area (Å²) in [5, 5.41) is 14.6. The number of hydrogen-bond acceptors (Lipinski definition) is 5. The van der Waals surface area contributed by atoms with E-state index in [-0.39, 0.29) is 5.69 Å². The first kappa shape index (κ1) is 17.9. The number of nitrogens with one attached hydrogen (secondary N) is 1. The first-order valence-corrected chi connectivity index (χ1v) is 8.83. The normalized spacial score (nSPS) is 16.2. The van der Waals surface area contributed by atoms with Gasteiger partial charge in [0.2, 0.25) is 0 Å². The highest BCUT2D eigenvalue weighted by Gasteiger charge is 2.17. The molecule has 1 saturated heterocycles. The number of halogens is 1. The predicted molar refractivity (Wildman–Crippen MR) is 97.7 cm³/mol. The Balaban J connectivity index is 1.56. The Morgan fingerprint density at radius 1 is 1.32 bits per heavy atom. The Kier molecular flexibility index (Phi) is 5.73. The molecule has 25 heavy (non-hydrogen) atoms. The van der Waals surface area contributed by atoms with Crippen LogP contribution in [0.3, 0.4) is 0 Å². The minimum atomic E-state index is -0.462. The maximum absolute atomic E-state index is 10.8. The molecule has 1 aliphatic rings. The van der Waals surface area contributed by atoms with Crippen LogP contribution in [0.5, 0.6) is 0 Å². The van der Waals surface area contributed by atoms with Gasteiger partial charge in [-0.15, -0.1) is 0 Å². The fraction of sp³-hybridized carbons (Fsp3) is 0.444. The minimum Gasteiger partial charge on any atom is -0.460 e. The fourth-order valence-electron chi connectivity index (χ4n) is 3.10. The summed E-state index contributed by atoms with van der Waals surface area (Å²) in [5.74, 6) is 2.17. The Morgan fingerprint density at radius 3 is 2.76 bits per heavy atom. The van der Waals surface area contributed by atoms with Crippen molar-refractivity contribution in [2.45, 2.75) is 19.4 Å². The van der Waals surface area contributed by atoms with Gasteiger partial charge in [-0.3, -0.25) is 10.1 Å². The van der Waals surface area contributed by atoms with Crippen LogP contribution in [0, 0.1) is 16.0 Å². The summed E-state index contributed by atoms with van der Waals surface area (Å²) in [4.78, 5) is 12.7. The van der Waals surface area contributed by atoms with Gasteiger partial charge in [0.1, 0.15) is 11.5 Å². The number of benzene rings is 1. The van der Waals surface area contributed by atoms with Gasteiger partial charge in [-0.2, -0.15) is 0 Å². The predicted octanol–water partition coefficient (Wildman–Crippen LogP) is 3.94. The molecular formula is C18H22ClN3O3. The Labute approximate surface area is 151 Å². The zero-order valence-electron chi connectivity index (χ0n) is 14.2. The smallest absolute Gasteiger partial charge is 0.270 e. The molecule has 2 aromatic rings. The molecule has 3 rings (SSSR count). The molecule has 0 aliphatic carbocycles. The molecule has 1 aromatic carbocycles. The monoisotopic (exact) mass is 363 g/mol. The van der Waals surface area contributed by atoms with Crippen LogP contribution in [0.15, 0.2) is 34.7 Å². The summed E-state index contributed by atoms with van der Waals surface area (Å²) in [5.41, 5.74) is 0.633. The molecule has 2 heterocycles. The van der Waals surface area contributed by atoms with Gasteiger partial charge in [-0.05, 0) is 63.6 Å². The second-order valence-electron chi connectivity index (χ2n) is 6.56. The molecule has 0 radical (unpaired) electrons. The highest BCUT2D eigenvalue weighted by molar-refractivity contribution is 6.33. The van der Waals surface area contributed by atoms with Gasteiger partial charge >= 0.3 is 0 Å². The number of piperidine rings is 1. The SMILES string of the molecule is CN1CCC(CNCc2ccc(-c3ccc([N+](=O)[O-])cc3Cl)o2)CC1. The number of rotatable bonds is 6. The third-order valence-electron chi connectivity index (χ3n) is 4.66. The highest BCUT2D eigenvalue weighted by Crippen LogP contribution is 2.32. The summed E-state index contributed by atoms with van der Waals surface area (Å²) < 4.78 is 5.83. The van der Waals surface area contributed by atoms with Crippen molar-refractivity contribution in [2.75, 3.05) is 26.7 Å². The quantitative estimate of drug-likeness (QED) is 0.621. The largest absolute Gasteiger partial charge is 0.460 e. The molecule has 0 bridgehead atoms. The lowest BCUT2D eigenvalue weighted by molar-refractivity contribution is -0.384. The molecule has 0 amide bonds. The second kappa shape index (κ2) is 7.99. The number of furan rings is 1. The molecule has 1 aliphatic heterocycles. The van der Waals surface area contributed by atoms with E-state index in [0.717, 1.165) is 31.3 Å². The van der Waals surface area contributed by atoms with Crippen molar-refractivity contribution in [2.24, 2.45) is 5.92 Å². The topological polar surface area (TPSA) is 71.5 Å². The molecule has 0 spiro atoms. The molecule has 134 valence electrons. The van der Waals surface area contributed by atoms with Crippen LogP contribution in [0.25, 0.3) is 11.3 Å². The van der Waals surface area contributed by atoms with E-state index in [4.69, 9.17) is 16.0 Å². The molecule has 6 nitrogen and oxygen atoms in total. The number of nitro groups is 1. The second-order valence-corrected chi connectivity index (χ2v) is 6.97. The first-order valence-electron chi connectivity index (χ1n) is 8.45. The summed E-state index contributed by atoms with van der Waals surface area (Å²) in [6.45, 7) is 3.98. The van der Waals surface area contributed by atoms with Gasteiger partial charge in [0.25, 0.3) is 5.69 Å². The van der Waals surface area contributed by atoms with Gasteiger partial charge < -0.3 is 14.6 Å². The van der Waals surface area contributed by atoms with Crippen LogP contribution in [0.1, 0.15) is 18.6 Å². The molecule has 0 saturated carbocycles. The zero-order chi connectivity index (χ0) is 17.8. The van der Waals surface area contributed by atoms with Crippen molar-refractivity contribution in [3.05, 3.63) is 51.2 Å². The van der Waals surface area contributed by atoms with Crippen LogP contribution >= 0.6 is 11.6 Å².